The summed E-state index contributed by atoms with van der Waals surface area (Å²) in [6.45, 7) is 2.19. The maximum Gasteiger partial charge on any atom is 0.431 e. The molecule has 0 saturated carbocycles. The van der Waals surface area contributed by atoms with Crippen LogP contribution in [0.25, 0.3) is 11.1 Å². The molecule has 1 aromatic heterocycles. The minimum absolute atomic E-state index is 0.0275. The highest BCUT2D eigenvalue weighted by molar-refractivity contribution is 6.30. The van der Waals surface area contributed by atoms with Crippen LogP contribution < -0.4 is 4.74 Å². The lowest BCUT2D eigenvalue weighted by Crippen LogP contribution is -2.36. The predicted molar refractivity (Wildman–Crippen MR) is 128 cm³/mol. The molecule has 3 aromatic rings. The first-order valence-corrected chi connectivity index (χ1v) is 11.7. The summed E-state index contributed by atoms with van der Waals surface area (Å²) < 4.78 is 55.4. The molecule has 1 aliphatic rings. The van der Waals surface area contributed by atoms with Gasteiger partial charge in [0.25, 0.3) is 0 Å². The minimum Gasteiger partial charge on any atom is -0.392 e. The fourth-order valence-electron chi connectivity index (χ4n) is 4.39. The highest BCUT2D eigenvalue weighted by atomic mass is 35.5. The molecule has 1 fully saturated rings. The van der Waals surface area contributed by atoms with Gasteiger partial charge in [-0.1, -0.05) is 54.1 Å². The van der Waals surface area contributed by atoms with Gasteiger partial charge in [-0.15, -0.1) is 0 Å². The highest BCUT2D eigenvalue weighted by Crippen LogP contribution is 2.45. The Kier molecular flexibility index (Phi) is 7.42. The number of alkyl halides is 3. The fourth-order valence-corrected chi connectivity index (χ4v) is 4.52. The van der Waals surface area contributed by atoms with Crippen molar-refractivity contribution in [1.29, 1.82) is 0 Å². The molecule has 0 spiro atoms. The third-order valence-corrected chi connectivity index (χ3v) is 6.29. The van der Waals surface area contributed by atoms with Gasteiger partial charge in [0, 0.05) is 30.8 Å². The molecule has 2 aromatic carbocycles. The van der Waals surface area contributed by atoms with Gasteiger partial charge in [0.05, 0.1) is 12.6 Å². The van der Waals surface area contributed by atoms with Crippen LogP contribution in [0.4, 0.5) is 18.0 Å². The van der Waals surface area contributed by atoms with Crippen molar-refractivity contribution in [3.05, 3.63) is 76.4 Å². The number of ether oxygens (including phenoxy) is 2. The lowest BCUT2D eigenvalue weighted by Gasteiger charge is -2.22. The van der Waals surface area contributed by atoms with Crippen LogP contribution in [0.3, 0.4) is 0 Å². The Morgan fingerprint density at radius 2 is 1.86 bits per heavy atom. The standard InChI is InChI=1S/C26H26ClF3N2O3/c1-17-22(19-10-12-20(27)13-11-19)24(35-25(33)31(2)16-21-9-6-14-34-21)32(23(17)26(28,29)30)15-18-7-4-3-5-8-18/h3-5,7-8,10-13,21H,6,9,14-16H2,1-2H3. The third-order valence-electron chi connectivity index (χ3n) is 6.04. The molecule has 2 heterocycles. The number of rotatable bonds is 6. The lowest BCUT2D eigenvalue weighted by molar-refractivity contribution is -0.144. The van der Waals surface area contributed by atoms with E-state index in [4.69, 9.17) is 21.1 Å². The van der Waals surface area contributed by atoms with Crippen molar-refractivity contribution in [1.82, 2.24) is 9.47 Å². The average molecular weight is 507 g/mol. The van der Waals surface area contributed by atoms with Gasteiger partial charge in [-0.2, -0.15) is 13.2 Å². The van der Waals surface area contributed by atoms with Gasteiger partial charge < -0.3 is 18.9 Å². The maximum atomic E-state index is 14.3. The summed E-state index contributed by atoms with van der Waals surface area (Å²) in [5.41, 5.74) is 0.412. The van der Waals surface area contributed by atoms with Crippen LogP contribution in [-0.2, 0) is 17.5 Å². The normalized spacial score (nSPS) is 15.9. The van der Waals surface area contributed by atoms with E-state index in [0.717, 1.165) is 17.4 Å². The molecule has 9 heteroatoms. The Morgan fingerprint density at radius 3 is 2.46 bits per heavy atom. The highest BCUT2D eigenvalue weighted by Gasteiger charge is 2.41. The summed E-state index contributed by atoms with van der Waals surface area (Å²) in [4.78, 5) is 14.4. The Morgan fingerprint density at radius 1 is 1.17 bits per heavy atom. The van der Waals surface area contributed by atoms with Gasteiger partial charge in [-0.25, -0.2) is 4.79 Å². The second-order valence-corrected chi connectivity index (χ2v) is 9.05. The smallest absolute Gasteiger partial charge is 0.392 e. The predicted octanol–water partition coefficient (Wildman–Crippen LogP) is 6.79. The number of aromatic nitrogens is 1. The zero-order chi connectivity index (χ0) is 25.2. The van der Waals surface area contributed by atoms with Gasteiger partial charge >= 0.3 is 12.3 Å². The van der Waals surface area contributed by atoms with Gasteiger partial charge in [0.1, 0.15) is 5.69 Å². The lowest BCUT2D eigenvalue weighted by atomic mass is 10.0. The third kappa shape index (κ3) is 5.65. The number of hydrogen-bond donors (Lipinski definition) is 0. The van der Waals surface area contributed by atoms with Gasteiger partial charge in [-0.05, 0) is 48.6 Å². The van der Waals surface area contributed by atoms with Crippen molar-refractivity contribution in [3.8, 4) is 17.0 Å². The first-order valence-electron chi connectivity index (χ1n) is 11.3. The van der Waals surface area contributed by atoms with Crippen LogP contribution in [0.2, 0.25) is 5.02 Å². The van der Waals surface area contributed by atoms with E-state index in [2.05, 4.69) is 0 Å². The largest absolute Gasteiger partial charge is 0.431 e. The van der Waals surface area contributed by atoms with Crippen molar-refractivity contribution in [3.63, 3.8) is 0 Å². The molecule has 0 bridgehead atoms. The number of benzene rings is 2. The van der Waals surface area contributed by atoms with E-state index in [-0.39, 0.29) is 29.7 Å². The zero-order valence-corrected chi connectivity index (χ0v) is 20.2. The summed E-state index contributed by atoms with van der Waals surface area (Å²) in [7, 11) is 1.55. The van der Waals surface area contributed by atoms with Crippen LogP contribution in [0, 0.1) is 6.92 Å². The molecule has 0 N–H and O–H groups in total. The van der Waals surface area contributed by atoms with Gasteiger partial charge in [0.2, 0.25) is 5.88 Å². The number of carbonyl (C=O) groups excluding carboxylic acids is 1. The summed E-state index contributed by atoms with van der Waals surface area (Å²) in [6, 6.07) is 15.2. The molecule has 1 saturated heterocycles. The second-order valence-electron chi connectivity index (χ2n) is 8.61. The summed E-state index contributed by atoms with van der Waals surface area (Å²) >= 11 is 6.01. The molecule has 1 unspecified atom stereocenters. The van der Waals surface area contributed by atoms with E-state index in [0.29, 0.717) is 29.3 Å². The van der Waals surface area contributed by atoms with E-state index in [1.807, 2.05) is 0 Å². The molecule has 0 aliphatic carbocycles. The van der Waals surface area contributed by atoms with E-state index < -0.39 is 18.0 Å². The molecule has 186 valence electrons. The molecular formula is C26H26ClF3N2O3. The van der Waals surface area contributed by atoms with Crippen molar-refractivity contribution in [2.45, 2.75) is 38.6 Å². The molecule has 1 aliphatic heterocycles. The van der Waals surface area contributed by atoms with E-state index in [9.17, 15) is 18.0 Å². The van der Waals surface area contributed by atoms with E-state index >= 15 is 0 Å². The SMILES string of the molecule is Cc1c(-c2ccc(Cl)cc2)c(OC(=O)N(C)CC2CCCO2)n(Cc2ccccc2)c1C(F)(F)F. The summed E-state index contributed by atoms with van der Waals surface area (Å²) in [5, 5.41) is 0.445. The molecule has 4 rings (SSSR count). The number of likely N-dealkylation sites (N-methyl/N-ethyl adjacent to an activating group) is 1. The Labute approximate surface area is 207 Å². The molecule has 35 heavy (non-hydrogen) atoms. The van der Waals surface area contributed by atoms with Crippen LogP contribution in [0.1, 0.15) is 29.7 Å². The van der Waals surface area contributed by atoms with Crippen molar-refractivity contribution in [2.24, 2.45) is 0 Å². The molecular weight excluding hydrogens is 481 g/mol. The minimum atomic E-state index is -4.67. The molecule has 1 amide bonds. The Bertz CT molecular complexity index is 1170. The van der Waals surface area contributed by atoms with Crippen LogP contribution >= 0.6 is 11.6 Å². The Hall–Kier alpha value is -2.97. The molecule has 1 atom stereocenters. The van der Waals surface area contributed by atoms with Crippen molar-refractivity contribution >= 4 is 17.7 Å². The number of halogens is 4. The number of amides is 1. The summed E-state index contributed by atoms with van der Waals surface area (Å²) in [6.07, 6.45) is -3.82. The van der Waals surface area contributed by atoms with E-state index in [1.54, 1.807) is 61.6 Å². The number of nitrogens with zero attached hydrogens (tertiary/aromatic N) is 2. The average Bonchev–Trinajstić information content (AvgIpc) is 3.41. The molecule has 0 radical (unpaired) electrons. The van der Waals surface area contributed by atoms with Crippen LogP contribution in [-0.4, -0.2) is 41.9 Å². The quantitative estimate of drug-likeness (QED) is 0.369. The van der Waals surface area contributed by atoms with Crippen LogP contribution in [0.15, 0.2) is 54.6 Å². The van der Waals surface area contributed by atoms with Crippen molar-refractivity contribution in [2.75, 3.05) is 20.2 Å². The number of carbonyl (C=O) groups is 1. The summed E-state index contributed by atoms with van der Waals surface area (Å²) in [5.74, 6) is -0.162. The molecule has 5 nitrogen and oxygen atoms in total. The Balaban J connectivity index is 1.81. The first kappa shape index (κ1) is 25.1. The van der Waals surface area contributed by atoms with Gasteiger partial charge in [0.15, 0.2) is 0 Å². The zero-order valence-electron chi connectivity index (χ0n) is 19.4. The monoisotopic (exact) mass is 506 g/mol. The first-order chi connectivity index (χ1) is 16.6. The van der Waals surface area contributed by atoms with Gasteiger partial charge in [-0.3, -0.25) is 0 Å². The maximum absolute atomic E-state index is 14.3. The van der Waals surface area contributed by atoms with Crippen LogP contribution in [0.5, 0.6) is 5.88 Å². The van der Waals surface area contributed by atoms with Crippen molar-refractivity contribution < 1.29 is 27.4 Å². The second kappa shape index (κ2) is 10.3. The number of hydrogen-bond acceptors (Lipinski definition) is 3. The topological polar surface area (TPSA) is 43.7 Å². The van der Waals surface area contributed by atoms with E-state index in [1.165, 1.54) is 11.8 Å². The fraction of sp³-hybridized carbons (Fsp3) is 0.346.